The molecule has 0 amide bonds. The van der Waals surface area contributed by atoms with Crippen LogP contribution in [0.3, 0.4) is 0 Å². The third kappa shape index (κ3) is 1.64. The van der Waals surface area contributed by atoms with Gasteiger partial charge in [-0.05, 0) is 32.1 Å². The van der Waals surface area contributed by atoms with E-state index in [4.69, 9.17) is 4.74 Å². The summed E-state index contributed by atoms with van der Waals surface area (Å²) in [5, 5.41) is 12.8. The summed E-state index contributed by atoms with van der Waals surface area (Å²) < 4.78 is 4.99. The van der Waals surface area contributed by atoms with Gasteiger partial charge in [-0.2, -0.15) is 0 Å². The average Bonchev–Trinajstić information content (AvgIpc) is 2.18. The zero-order chi connectivity index (χ0) is 10.1. The fraction of sp³-hybridized carbons (Fsp3) is 0.900. The lowest BCUT2D eigenvalue weighted by Crippen LogP contribution is -2.61. The number of esters is 1. The van der Waals surface area contributed by atoms with Gasteiger partial charge in [-0.25, -0.2) is 0 Å². The molecule has 4 heteroatoms. The minimum absolute atomic E-state index is 0.0920. The molecule has 14 heavy (non-hydrogen) atoms. The Morgan fingerprint density at radius 2 is 2.36 bits per heavy atom. The highest BCUT2D eigenvalue weighted by Gasteiger charge is 2.44. The predicted molar refractivity (Wildman–Crippen MR) is 50.7 cm³/mol. The van der Waals surface area contributed by atoms with Crippen molar-refractivity contribution in [1.82, 2.24) is 5.32 Å². The second-order valence-electron chi connectivity index (χ2n) is 4.14. The van der Waals surface area contributed by atoms with Gasteiger partial charge in [-0.15, -0.1) is 0 Å². The van der Waals surface area contributed by atoms with E-state index in [-0.39, 0.29) is 30.1 Å². The summed E-state index contributed by atoms with van der Waals surface area (Å²) in [5.74, 6) is 0.100. The summed E-state index contributed by atoms with van der Waals surface area (Å²) >= 11 is 0. The molecule has 3 rings (SSSR count). The third-order valence-corrected chi connectivity index (χ3v) is 3.26. The maximum Gasteiger partial charge on any atom is 0.323 e. The van der Waals surface area contributed by atoms with Crippen LogP contribution < -0.4 is 5.32 Å². The second kappa shape index (κ2) is 3.87. The first kappa shape index (κ1) is 9.93. The molecule has 0 spiro atoms. The fourth-order valence-electron chi connectivity index (χ4n) is 2.53. The van der Waals surface area contributed by atoms with Gasteiger partial charge in [-0.3, -0.25) is 10.1 Å². The van der Waals surface area contributed by atoms with Crippen molar-refractivity contribution < 1.29 is 14.6 Å². The number of nitrogens with one attached hydrogen (secondary N) is 1. The number of aliphatic hydroxyl groups is 1. The summed E-state index contributed by atoms with van der Waals surface area (Å²) in [4.78, 5) is 11.5. The minimum Gasteiger partial charge on any atom is -0.465 e. The Morgan fingerprint density at radius 1 is 1.57 bits per heavy atom. The molecule has 4 nitrogen and oxygen atoms in total. The molecule has 0 aromatic heterocycles. The van der Waals surface area contributed by atoms with Gasteiger partial charge in [-0.1, -0.05) is 0 Å². The van der Waals surface area contributed by atoms with Crippen LogP contribution in [0, 0.1) is 5.92 Å². The molecule has 2 N–H and O–H groups in total. The van der Waals surface area contributed by atoms with Gasteiger partial charge in [0.15, 0.2) is 0 Å². The highest BCUT2D eigenvalue weighted by atomic mass is 16.5. The summed E-state index contributed by atoms with van der Waals surface area (Å²) in [7, 11) is 0. The van der Waals surface area contributed by atoms with Gasteiger partial charge in [0.1, 0.15) is 6.04 Å². The fourth-order valence-corrected chi connectivity index (χ4v) is 2.53. The topological polar surface area (TPSA) is 58.6 Å². The molecule has 0 aromatic carbocycles. The molecule has 2 aliphatic heterocycles. The first-order chi connectivity index (χ1) is 6.72. The maximum atomic E-state index is 11.5. The Hall–Kier alpha value is -0.610. The van der Waals surface area contributed by atoms with E-state index in [1.807, 2.05) is 6.92 Å². The van der Waals surface area contributed by atoms with Crippen LogP contribution in [0.25, 0.3) is 0 Å². The Bertz CT molecular complexity index is 231. The number of piperidine rings is 2. The zero-order valence-corrected chi connectivity index (χ0v) is 8.40. The summed E-state index contributed by atoms with van der Waals surface area (Å²) in [5.41, 5.74) is 0. The highest BCUT2D eigenvalue weighted by molar-refractivity contribution is 5.76. The largest absolute Gasteiger partial charge is 0.465 e. The molecule has 4 atom stereocenters. The van der Waals surface area contributed by atoms with Crippen LogP contribution in [0.15, 0.2) is 0 Å². The van der Waals surface area contributed by atoms with Crippen molar-refractivity contribution in [3.63, 3.8) is 0 Å². The second-order valence-corrected chi connectivity index (χ2v) is 4.14. The molecule has 0 radical (unpaired) electrons. The van der Waals surface area contributed by atoms with Crippen LogP contribution in [0.2, 0.25) is 0 Å². The summed E-state index contributed by atoms with van der Waals surface area (Å²) in [6, 6.07) is -0.0912. The van der Waals surface area contributed by atoms with Crippen molar-refractivity contribution in [2.75, 3.05) is 6.61 Å². The molecular formula is C10H17NO3. The summed E-state index contributed by atoms with van der Waals surface area (Å²) in [6.07, 6.45) is 2.46. The molecule has 80 valence electrons. The van der Waals surface area contributed by atoms with Crippen molar-refractivity contribution in [2.45, 2.75) is 44.4 Å². The smallest absolute Gasteiger partial charge is 0.323 e. The Labute approximate surface area is 83.6 Å². The molecule has 0 aromatic rings. The molecule has 2 heterocycles. The molecule has 2 bridgehead atoms. The van der Waals surface area contributed by atoms with Crippen LogP contribution in [0.5, 0.6) is 0 Å². The molecule has 3 fully saturated rings. The van der Waals surface area contributed by atoms with Crippen LogP contribution in [0.4, 0.5) is 0 Å². The SMILES string of the molecule is CCOC(=O)[C@H]1NC2CC[C@@H]1C[C@@H]2O. The lowest BCUT2D eigenvalue weighted by atomic mass is 9.74. The normalized spacial score (nSPS) is 41.0. The average molecular weight is 199 g/mol. The molecular weight excluding hydrogens is 182 g/mol. The number of fused-ring (bicyclic) bond motifs is 3. The molecule has 3 aliphatic rings. The van der Waals surface area contributed by atoms with Gasteiger partial charge in [0.2, 0.25) is 0 Å². The standard InChI is InChI=1S/C10H17NO3/c1-2-14-10(13)9-6-3-4-7(11-9)8(12)5-6/h6-9,11-12H,2-5H2,1H3/t6-,7?,8+,9+/m1/s1. The van der Waals surface area contributed by atoms with Crippen molar-refractivity contribution in [1.29, 1.82) is 0 Å². The van der Waals surface area contributed by atoms with Gasteiger partial charge >= 0.3 is 5.97 Å². The minimum atomic E-state index is -0.278. The predicted octanol–water partition coefficient (Wildman–Crippen LogP) is 0.0509. The number of carbonyl (C=O) groups is 1. The number of hydrogen-bond acceptors (Lipinski definition) is 4. The molecule has 1 unspecified atom stereocenters. The first-order valence-corrected chi connectivity index (χ1v) is 5.33. The van der Waals surface area contributed by atoms with E-state index in [1.54, 1.807) is 0 Å². The molecule has 2 saturated heterocycles. The van der Waals surface area contributed by atoms with Crippen molar-refractivity contribution >= 4 is 5.97 Å². The number of aliphatic hydroxyl groups excluding tert-OH is 1. The van der Waals surface area contributed by atoms with E-state index >= 15 is 0 Å². The van der Waals surface area contributed by atoms with E-state index in [0.29, 0.717) is 6.61 Å². The number of hydrogen-bond donors (Lipinski definition) is 2. The van der Waals surface area contributed by atoms with E-state index < -0.39 is 0 Å². The number of ether oxygens (including phenoxy) is 1. The Balaban J connectivity index is 1.99. The lowest BCUT2D eigenvalue weighted by molar-refractivity contribution is -0.151. The zero-order valence-electron chi connectivity index (χ0n) is 8.40. The van der Waals surface area contributed by atoms with Crippen LogP contribution in [-0.2, 0) is 9.53 Å². The monoisotopic (exact) mass is 199 g/mol. The van der Waals surface area contributed by atoms with Gasteiger partial charge < -0.3 is 9.84 Å². The van der Waals surface area contributed by atoms with Gasteiger partial charge in [0.25, 0.3) is 0 Å². The van der Waals surface area contributed by atoms with E-state index in [1.165, 1.54) is 0 Å². The highest BCUT2D eigenvalue weighted by Crippen LogP contribution is 2.33. The van der Waals surface area contributed by atoms with Crippen molar-refractivity contribution in [2.24, 2.45) is 5.92 Å². The van der Waals surface area contributed by atoms with E-state index in [2.05, 4.69) is 5.32 Å². The van der Waals surface area contributed by atoms with Crippen LogP contribution in [-0.4, -0.2) is 35.9 Å². The van der Waals surface area contributed by atoms with Gasteiger partial charge in [0, 0.05) is 6.04 Å². The molecule has 1 aliphatic carbocycles. The quantitative estimate of drug-likeness (QED) is 0.617. The number of carbonyl (C=O) groups excluding carboxylic acids is 1. The Morgan fingerprint density at radius 3 is 2.86 bits per heavy atom. The van der Waals surface area contributed by atoms with E-state index in [9.17, 15) is 9.90 Å². The Kier molecular flexibility index (Phi) is 2.74. The molecule has 1 saturated carbocycles. The van der Waals surface area contributed by atoms with Gasteiger partial charge in [0.05, 0.1) is 12.7 Å². The van der Waals surface area contributed by atoms with Crippen molar-refractivity contribution in [3.8, 4) is 0 Å². The van der Waals surface area contributed by atoms with E-state index in [0.717, 1.165) is 19.3 Å². The number of rotatable bonds is 2. The third-order valence-electron chi connectivity index (χ3n) is 3.26. The summed E-state index contributed by atoms with van der Waals surface area (Å²) in [6.45, 7) is 2.24. The van der Waals surface area contributed by atoms with Crippen LogP contribution >= 0.6 is 0 Å². The lowest BCUT2D eigenvalue weighted by Gasteiger charge is -2.44. The van der Waals surface area contributed by atoms with Crippen molar-refractivity contribution in [3.05, 3.63) is 0 Å². The first-order valence-electron chi connectivity index (χ1n) is 5.33. The van der Waals surface area contributed by atoms with Crippen LogP contribution in [0.1, 0.15) is 26.2 Å². The maximum absolute atomic E-state index is 11.5.